The number of nitrogens with zero attached hydrogens (tertiary/aromatic N) is 5. The maximum Gasteiger partial charge on any atom is 0.179 e. The predicted molar refractivity (Wildman–Crippen MR) is 111 cm³/mol. The van der Waals surface area contributed by atoms with Crippen molar-refractivity contribution in [2.75, 3.05) is 11.4 Å². The fourth-order valence-electron chi connectivity index (χ4n) is 3.77. The number of benzene rings is 1. The highest BCUT2D eigenvalue weighted by Crippen LogP contribution is 2.31. The fourth-order valence-corrected chi connectivity index (χ4v) is 4.34. The molecule has 0 amide bonds. The number of carbonyl (C=O) groups excluding carboxylic acids is 1. The largest absolute Gasteiger partial charge is 0.352 e. The molecule has 28 heavy (non-hydrogen) atoms. The van der Waals surface area contributed by atoms with Crippen LogP contribution in [0.2, 0.25) is 10.0 Å². The first-order chi connectivity index (χ1) is 13.3. The van der Waals surface area contributed by atoms with Crippen LogP contribution in [-0.4, -0.2) is 38.1 Å². The van der Waals surface area contributed by atoms with Gasteiger partial charge in [0, 0.05) is 35.5 Å². The number of hydrogen-bond donors (Lipinski definition) is 0. The molecule has 146 valence electrons. The van der Waals surface area contributed by atoms with Gasteiger partial charge in [-0.05, 0) is 38.5 Å². The van der Waals surface area contributed by atoms with Gasteiger partial charge in [0.05, 0.1) is 17.9 Å². The van der Waals surface area contributed by atoms with Crippen LogP contribution in [0.5, 0.6) is 0 Å². The van der Waals surface area contributed by atoms with Crippen molar-refractivity contribution >= 4 is 46.0 Å². The van der Waals surface area contributed by atoms with Crippen LogP contribution in [0.3, 0.4) is 0 Å². The van der Waals surface area contributed by atoms with E-state index in [1.54, 1.807) is 12.3 Å². The molecule has 1 saturated heterocycles. The lowest BCUT2D eigenvalue weighted by Gasteiger charge is -2.33. The van der Waals surface area contributed by atoms with E-state index in [2.05, 4.69) is 15.0 Å². The highest BCUT2D eigenvalue weighted by molar-refractivity contribution is 6.35. The topological polar surface area (TPSA) is 63.9 Å². The molecule has 1 fully saturated rings. The van der Waals surface area contributed by atoms with Gasteiger partial charge in [0.1, 0.15) is 17.1 Å². The van der Waals surface area contributed by atoms with E-state index in [1.807, 2.05) is 37.6 Å². The Morgan fingerprint density at radius 3 is 2.79 bits per heavy atom. The molecule has 3 aromatic rings. The zero-order chi connectivity index (χ0) is 20.0. The Balaban J connectivity index is 1.78. The minimum absolute atomic E-state index is 0.105. The smallest absolute Gasteiger partial charge is 0.179 e. The Labute approximate surface area is 173 Å². The molecule has 0 radical (unpaired) electrons. The van der Waals surface area contributed by atoms with E-state index in [0.29, 0.717) is 40.9 Å². The summed E-state index contributed by atoms with van der Waals surface area (Å²) in [4.78, 5) is 23.4. The van der Waals surface area contributed by atoms with Gasteiger partial charge in [0.15, 0.2) is 5.65 Å². The van der Waals surface area contributed by atoms with Gasteiger partial charge in [-0.1, -0.05) is 29.3 Å². The van der Waals surface area contributed by atoms with E-state index in [4.69, 9.17) is 28.2 Å². The van der Waals surface area contributed by atoms with E-state index >= 15 is 0 Å². The number of anilines is 1. The second kappa shape index (κ2) is 7.33. The SMILES string of the molecule is Cc1nn(C(C)c2ccc(Cl)cc2Cl)c2nc(N3CCC(=O)C[C@@H]3C)cnc12. The summed E-state index contributed by atoms with van der Waals surface area (Å²) >= 11 is 12.5. The molecule has 2 aromatic heterocycles. The average molecular weight is 418 g/mol. The van der Waals surface area contributed by atoms with E-state index in [1.165, 1.54) is 0 Å². The van der Waals surface area contributed by atoms with Gasteiger partial charge in [-0.25, -0.2) is 14.6 Å². The van der Waals surface area contributed by atoms with Crippen molar-refractivity contribution in [2.24, 2.45) is 0 Å². The molecule has 0 N–H and O–H groups in total. The lowest BCUT2D eigenvalue weighted by molar-refractivity contribution is -0.120. The van der Waals surface area contributed by atoms with E-state index in [0.717, 1.165) is 22.6 Å². The molecule has 0 bridgehead atoms. The molecule has 3 heterocycles. The Kier molecular flexibility index (Phi) is 5.02. The summed E-state index contributed by atoms with van der Waals surface area (Å²) in [5.41, 5.74) is 3.20. The Morgan fingerprint density at radius 1 is 1.29 bits per heavy atom. The highest BCUT2D eigenvalue weighted by atomic mass is 35.5. The maximum absolute atomic E-state index is 11.7. The highest BCUT2D eigenvalue weighted by Gasteiger charge is 2.26. The summed E-state index contributed by atoms with van der Waals surface area (Å²) in [7, 11) is 0. The van der Waals surface area contributed by atoms with E-state index in [-0.39, 0.29) is 12.1 Å². The second-order valence-corrected chi connectivity index (χ2v) is 8.15. The average Bonchev–Trinajstić information content (AvgIpc) is 2.97. The summed E-state index contributed by atoms with van der Waals surface area (Å²) in [6.45, 7) is 6.65. The lowest BCUT2D eigenvalue weighted by Crippen LogP contribution is -2.41. The number of aryl methyl sites for hydroxylation is 1. The number of hydrogen-bond acceptors (Lipinski definition) is 5. The van der Waals surface area contributed by atoms with Gasteiger partial charge in [-0.2, -0.15) is 5.10 Å². The van der Waals surface area contributed by atoms with Gasteiger partial charge in [-0.3, -0.25) is 4.79 Å². The normalized spacial score (nSPS) is 18.7. The van der Waals surface area contributed by atoms with Crippen LogP contribution in [0.15, 0.2) is 24.4 Å². The first-order valence-corrected chi connectivity index (χ1v) is 10.1. The molecule has 1 unspecified atom stereocenters. The van der Waals surface area contributed by atoms with Gasteiger partial charge in [-0.15, -0.1) is 0 Å². The van der Waals surface area contributed by atoms with Gasteiger partial charge in [0.2, 0.25) is 0 Å². The Hall–Kier alpha value is -2.18. The first-order valence-electron chi connectivity index (χ1n) is 9.30. The van der Waals surface area contributed by atoms with Gasteiger partial charge in [0.25, 0.3) is 0 Å². The third kappa shape index (κ3) is 3.35. The summed E-state index contributed by atoms with van der Waals surface area (Å²) in [5.74, 6) is 1.06. The minimum atomic E-state index is -0.133. The number of carbonyl (C=O) groups is 1. The molecular formula is C20H21Cl2N5O. The summed E-state index contributed by atoms with van der Waals surface area (Å²) < 4.78 is 1.86. The molecular weight excluding hydrogens is 397 g/mol. The molecule has 1 aromatic carbocycles. The molecule has 2 atom stereocenters. The zero-order valence-electron chi connectivity index (χ0n) is 16.0. The molecule has 1 aliphatic rings. The number of rotatable bonds is 3. The van der Waals surface area contributed by atoms with Gasteiger partial charge >= 0.3 is 0 Å². The van der Waals surface area contributed by atoms with Crippen LogP contribution >= 0.6 is 23.2 Å². The standard InChI is InChI=1S/C20H21Cl2N5O/c1-11-8-15(28)6-7-26(11)18-10-23-19-12(2)25-27(20(19)24-18)13(3)16-5-4-14(21)9-17(16)22/h4-5,9-11,13H,6-8H2,1-3H3/t11-,13?/m0/s1. The van der Waals surface area contributed by atoms with Crippen molar-refractivity contribution in [1.82, 2.24) is 19.7 Å². The molecule has 0 aliphatic carbocycles. The molecule has 4 rings (SSSR count). The number of Topliss-reactive ketones (excluding diaryl/α,β-unsaturated/α-hetero) is 1. The number of halogens is 2. The Bertz CT molecular complexity index is 1060. The summed E-state index contributed by atoms with van der Waals surface area (Å²) in [6.07, 6.45) is 2.85. The van der Waals surface area contributed by atoms with Crippen LogP contribution in [-0.2, 0) is 4.79 Å². The van der Waals surface area contributed by atoms with Crippen LogP contribution in [0.1, 0.15) is 44.0 Å². The monoisotopic (exact) mass is 417 g/mol. The number of ketones is 1. The van der Waals surface area contributed by atoms with Crippen molar-refractivity contribution in [1.29, 1.82) is 0 Å². The van der Waals surface area contributed by atoms with Crippen LogP contribution in [0.4, 0.5) is 5.82 Å². The second-order valence-electron chi connectivity index (χ2n) is 7.31. The van der Waals surface area contributed by atoms with Crippen LogP contribution < -0.4 is 4.90 Å². The number of fused-ring (bicyclic) bond motifs is 1. The minimum Gasteiger partial charge on any atom is -0.352 e. The predicted octanol–water partition coefficient (Wildman–Crippen LogP) is 4.61. The molecule has 1 aliphatic heterocycles. The molecule has 6 nitrogen and oxygen atoms in total. The molecule has 0 saturated carbocycles. The van der Waals surface area contributed by atoms with Crippen LogP contribution in [0, 0.1) is 6.92 Å². The third-order valence-corrected chi connectivity index (χ3v) is 5.88. The molecule has 8 heteroatoms. The number of piperidine rings is 1. The van der Waals surface area contributed by atoms with E-state index < -0.39 is 0 Å². The van der Waals surface area contributed by atoms with Crippen molar-refractivity contribution in [3.05, 3.63) is 45.7 Å². The molecule has 0 spiro atoms. The van der Waals surface area contributed by atoms with Crippen LogP contribution in [0.25, 0.3) is 11.2 Å². The van der Waals surface area contributed by atoms with Crippen molar-refractivity contribution in [3.63, 3.8) is 0 Å². The summed E-state index contributed by atoms with van der Waals surface area (Å²) in [6, 6.07) is 5.44. The van der Waals surface area contributed by atoms with Crippen molar-refractivity contribution in [3.8, 4) is 0 Å². The quantitative estimate of drug-likeness (QED) is 0.622. The first kappa shape index (κ1) is 19.2. The van der Waals surface area contributed by atoms with Crippen molar-refractivity contribution in [2.45, 2.75) is 45.7 Å². The number of aromatic nitrogens is 4. The fraction of sp³-hybridized carbons (Fsp3) is 0.400. The van der Waals surface area contributed by atoms with Crippen molar-refractivity contribution < 1.29 is 4.79 Å². The third-order valence-electron chi connectivity index (χ3n) is 5.32. The zero-order valence-corrected chi connectivity index (χ0v) is 17.5. The van der Waals surface area contributed by atoms with Gasteiger partial charge < -0.3 is 4.90 Å². The Morgan fingerprint density at radius 2 is 2.07 bits per heavy atom. The summed E-state index contributed by atoms with van der Waals surface area (Å²) in [5, 5.41) is 5.86. The maximum atomic E-state index is 11.7. The van der Waals surface area contributed by atoms with E-state index in [9.17, 15) is 4.79 Å². The lowest BCUT2D eigenvalue weighted by atomic mass is 10.0.